The summed E-state index contributed by atoms with van der Waals surface area (Å²) in [6.07, 6.45) is 4.44. The summed E-state index contributed by atoms with van der Waals surface area (Å²) < 4.78 is 0. The van der Waals surface area contributed by atoms with Gasteiger partial charge in [-0.15, -0.1) is 0 Å². The van der Waals surface area contributed by atoms with Crippen LogP contribution in [-0.4, -0.2) is 29.6 Å². The molecule has 1 N–H and O–H groups in total. The van der Waals surface area contributed by atoms with Crippen molar-refractivity contribution in [3.8, 4) is 0 Å². The molecule has 0 spiro atoms. The number of anilines is 2. The van der Waals surface area contributed by atoms with E-state index in [0.29, 0.717) is 5.92 Å². The maximum atomic E-state index is 4.57. The summed E-state index contributed by atoms with van der Waals surface area (Å²) in [6, 6.07) is 0. The minimum atomic E-state index is 0.429. The van der Waals surface area contributed by atoms with Gasteiger partial charge in [0, 0.05) is 25.2 Å². The van der Waals surface area contributed by atoms with E-state index >= 15 is 0 Å². The summed E-state index contributed by atoms with van der Waals surface area (Å²) in [6.45, 7) is 11.8. The van der Waals surface area contributed by atoms with E-state index in [-0.39, 0.29) is 0 Å². The van der Waals surface area contributed by atoms with Gasteiger partial charge in [0.2, 0.25) is 0 Å². The molecule has 19 heavy (non-hydrogen) atoms. The van der Waals surface area contributed by atoms with E-state index in [4.69, 9.17) is 0 Å². The quantitative estimate of drug-likeness (QED) is 0.819. The highest BCUT2D eigenvalue weighted by Crippen LogP contribution is 2.35. The molecule has 0 radical (unpaired) electrons. The van der Waals surface area contributed by atoms with Crippen molar-refractivity contribution in [2.75, 3.05) is 29.9 Å². The van der Waals surface area contributed by atoms with Gasteiger partial charge < -0.3 is 10.2 Å². The highest BCUT2D eigenvalue weighted by Gasteiger charge is 2.26. The highest BCUT2D eigenvalue weighted by molar-refractivity contribution is 5.60. The van der Waals surface area contributed by atoms with Gasteiger partial charge in [0.1, 0.15) is 18.0 Å². The Labute approximate surface area is 116 Å². The molecule has 2 rings (SSSR count). The molecule has 1 fully saturated rings. The summed E-state index contributed by atoms with van der Waals surface area (Å²) in [5.74, 6) is 3.42. The summed E-state index contributed by atoms with van der Waals surface area (Å²) >= 11 is 0. The Balaban J connectivity index is 2.32. The second-order valence-corrected chi connectivity index (χ2v) is 5.63. The van der Waals surface area contributed by atoms with Crippen molar-refractivity contribution in [3.05, 3.63) is 11.9 Å². The molecule has 1 aromatic rings. The average molecular weight is 262 g/mol. The summed E-state index contributed by atoms with van der Waals surface area (Å²) in [5, 5.41) is 3.37. The first-order valence-electron chi connectivity index (χ1n) is 7.51. The Bertz CT molecular complexity index is 413. The molecule has 4 heteroatoms. The van der Waals surface area contributed by atoms with Crippen LogP contribution >= 0.6 is 0 Å². The van der Waals surface area contributed by atoms with Gasteiger partial charge in [0.15, 0.2) is 0 Å². The topological polar surface area (TPSA) is 41.1 Å². The zero-order valence-electron chi connectivity index (χ0n) is 12.6. The van der Waals surface area contributed by atoms with Gasteiger partial charge >= 0.3 is 0 Å². The lowest BCUT2D eigenvalue weighted by molar-refractivity contribution is 0.716. The lowest BCUT2D eigenvalue weighted by Crippen LogP contribution is -2.28. The van der Waals surface area contributed by atoms with Crippen LogP contribution in [0.1, 0.15) is 52.0 Å². The molecule has 4 nitrogen and oxygen atoms in total. The Hall–Kier alpha value is -1.32. The second kappa shape index (κ2) is 6.22. The first kappa shape index (κ1) is 14.1. The van der Waals surface area contributed by atoms with Gasteiger partial charge in [0.05, 0.1) is 0 Å². The molecule has 106 valence electrons. The summed E-state index contributed by atoms with van der Waals surface area (Å²) in [7, 11) is 0. The van der Waals surface area contributed by atoms with E-state index in [2.05, 4.69) is 47.9 Å². The van der Waals surface area contributed by atoms with Crippen LogP contribution in [0.15, 0.2) is 6.33 Å². The lowest BCUT2D eigenvalue weighted by Gasteiger charge is -2.26. The first-order valence-corrected chi connectivity index (χ1v) is 7.51. The maximum Gasteiger partial charge on any atom is 0.137 e. The average Bonchev–Trinajstić information content (AvgIpc) is 3.19. The van der Waals surface area contributed by atoms with Crippen molar-refractivity contribution in [2.45, 2.75) is 46.5 Å². The number of nitrogens with zero attached hydrogens (tertiary/aromatic N) is 3. The molecule has 1 aromatic heterocycles. The van der Waals surface area contributed by atoms with Crippen LogP contribution in [-0.2, 0) is 0 Å². The molecule has 0 aromatic carbocycles. The van der Waals surface area contributed by atoms with Crippen molar-refractivity contribution in [1.82, 2.24) is 9.97 Å². The third kappa shape index (κ3) is 3.37. The summed E-state index contributed by atoms with van der Waals surface area (Å²) in [5.41, 5.74) is 1.26. The molecule has 0 aliphatic heterocycles. The fraction of sp³-hybridized carbons (Fsp3) is 0.733. The molecular weight excluding hydrogens is 236 g/mol. The Kier molecular flexibility index (Phi) is 4.61. The van der Waals surface area contributed by atoms with E-state index in [0.717, 1.165) is 37.2 Å². The van der Waals surface area contributed by atoms with Crippen LogP contribution in [0.3, 0.4) is 0 Å². The van der Waals surface area contributed by atoms with E-state index in [1.165, 1.54) is 18.4 Å². The second-order valence-electron chi connectivity index (χ2n) is 5.63. The van der Waals surface area contributed by atoms with Gasteiger partial charge in [-0.1, -0.05) is 13.8 Å². The van der Waals surface area contributed by atoms with Crippen LogP contribution in [0.25, 0.3) is 0 Å². The highest BCUT2D eigenvalue weighted by atomic mass is 15.2. The van der Waals surface area contributed by atoms with Gasteiger partial charge in [-0.2, -0.15) is 0 Å². The van der Waals surface area contributed by atoms with Crippen LogP contribution in [0, 0.1) is 5.92 Å². The SMILES string of the molecule is CCNc1ncnc(N(CC)CC2CC2)c1C(C)C. The number of aromatic nitrogens is 2. The van der Waals surface area contributed by atoms with Gasteiger partial charge in [-0.3, -0.25) is 0 Å². The van der Waals surface area contributed by atoms with Crippen molar-refractivity contribution < 1.29 is 0 Å². The van der Waals surface area contributed by atoms with Crippen molar-refractivity contribution in [1.29, 1.82) is 0 Å². The molecule has 0 atom stereocenters. The van der Waals surface area contributed by atoms with Crippen molar-refractivity contribution >= 4 is 11.6 Å². The number of rotatable bonds is 7. The monoisotopic (exact) mass is 262 g/mol. The van der Waals surface area contributed by atoms with Gasteiger partial charge in [-0.25, -0.2) is 9.97 Å². The molecule has 0 bridgehead atoms. The Morgan fingerprint density at radius 2 is 2.05 bits per heavy atom. The van der Waals surface area contributed by atoms with E-state index in [9.17, 15) is 0 Å². The summed E-state index contributed by atoms with van der Waals surface area (Å²) in [4.78, 5) is 11.4. The fourth-order valence-electron chi connectivity index (χ4n) is 2.46. The largest absolute Gasteiger partial charge is 0.370 e. The number of hydrogen-bond acceptors (Lipinski definition) is 4. The molecule has 0 saturated heterocycles. The van der Waals surface area contributed by atoms with Crippen LogP contribution in [0.4, 0.5) is 11.6 Å². The zero-order valence-corrected chi connectivity index (χ0v) is 12.6. The smallest absolute Gasteiger partial charge is 0.137 e. The van der Waals surface area contributed by atoms with Crippen LogP contribution in [0.2, 0.25) is 0 Å². The van der Waals surface area contributed by atoms with E-state index < -0.39 is 0 Å². The standard InChI is InChI=1S/C15H26N4/c1-5-16-14-13(11(3)4)15(18-10-17-14)19(6-2)9-12-7-8-12/h10-12H,5-9H2,1-4H3,(H,16,17,18). The molecular formula is C15H26N4. The molecule has 0 amide bonds. The maximum absolute atomic E-state index is 4.57. The lowest BCUT2D eigenvalue weighted by atomic mass is 10.0. The van der Waals surface area contributed by atoms with Gasteiger partial charge in [0.25, 0.3) is 0 Å². The van der Waals surface area contributed by atoms with Crippen molar-refractivity contribution in [2.24, 2.45) is 5.92 Å². The predicted octanol–water partition coefficient (Wildman–Crippen LogP) is 3.27. The Morgan fingerprint density at radius 3 is 2.58 bits per heavy atom. The van der Waals surface area contributed by atoms with E-state index in [1.807, 2.05) is 0 Å². The number of nitrogens with one attached hydrogen (secondary N) is 1. The van der Waals surface area contributed by atoms with Gasteiger partial charge in [-0.05, 0) is 38.5 Å². The molecule has 1 heterocycles. The predicted molar refractivity (Wildman–Crippen MR) is 80.9 cm³/mol. The molecule has 1 aliphatic rings. The third-order valence-corrected chi connectivity index (χ3v) is 3.64. The van der Waals surface area contributed by atoms with Crippen LogP contribution < -0.4 is 10.2 Å². The molecule has 0 unspecified atom stereocenters. The first-order chi connectivity index (χ1) is 9.17. The van der Waals surface area contributed by atoms with E-state index in [1.54, 1.807) is 6.33 Å². The number of hydrogen-bond donors (Lipinski definition) is 1. The molecule has 1 saturated carbocycles. The minimum Gasteiger partial charge on any atom is -0.370 e. The Morgan fingerprint density at radius 1 is 1.32 bits per heavy atom. The minimum absolute atomic E-state index is 0.429. The molecule has 1 aliphatic carbocycles. The fourth-order valence-corrected chi connectivity index (χ4v) is 2.46. The third-order valence-electron chi connectivity index (χ3n) is 3.64. The zero-order chi connectivity index (χ0) is 13.8. The van der Waals surface area contributed by atoms with Crippen LogP contribution in [0.5, 0.6) is 0 Å². The normalized spacial score (nSPS) is 14.8. The van der Waals surface area contributed by atoms with Crippen molar-refractivity contribution in [3.63, 3.8) is 0 Å².